The van der Waals surface area contributed by atoms with Crippen LogP contribution in [0.15, 0.2) is 24.3 Å². The predicted molar refractivity (Wildman–Crippen MR) is 69.6 cm³/mol. The molecular weight excluding hydrogens is 242 g/mol. The number of carboxylic acid groups (broad SMARTS) is 1. The summed E-state index contributed by atoms with van der Waals surface area (Å²) in [5.74, 6) is -1.42. The van der Waals surface area contributed by atoms with Gasteiger partial charge in [-0.05, 0) is 30.4 Å². The number of rotatable bonds is 2. The molecule has 0 aromatic heterocycles. The molecular formula is C15H17NO3. The second-order valence-corrected chi connectivity index (χ2v) is 5.39. The quantitative estimate of drug-likeness (QED) is 0.883. The van der Waals surface area contributed by atoms with Gasteiger partial charge in [0.25, 0.3) is 0 Å². The number of carbonyl (C=O) groups excluding carboxylic acids is 1. The lowest BCUT2D eigenvalue weighted by Gasteiger charge is -2.33. The Hall–Kier alpha value is -1.84. The third kappa shape index (κ3) is 2.11. The Labute approximate surface area is 112 Å². The maximum absolute atomic E-state index is 12.1. The van der Waals surface area contributed by atoms with Crippen LogP contribution in [0.3, 0.4) is 0 Å². The molecule has 1 aliphatic carbocycles. The zero-order valence-electron chi connectivity index (χ0n) is 10.7. The summed E-state index contributed by atoms with van der Waals surface area (Å²) in [6.45, 7) is 0.354. The largest absolute Gasteiger partial charge is 0.481 e. The second kappa shape index (κ2) is 4.68. The molecule has 3 rings (SSSR count). The molecule has 19 heavy (non-hydrogen) atoms. The van der Waals surface area contributed by atoms with Crippen molar-refractivity contribution in [1.29, 1.82) is 0 Å². The number of aliphatic carboxylic acids is 1. The zero-order chi connectivity index (χ0) is 13.4. The topological polar surface area (TPSA) is 57.6 Å². The van der Waals surface area contributed by atoms with Crippen molar-refractivity contribution >= 4 is 11.9 Å². The van der Waals surface area contributed by atoms with Gasteiger partial charge in [0.15, 0.2) is 0 Å². The van der Waals surface area contributed by atoms with Gasteiger partial charge < -0.3 is 10.0 Å². The Balaban J connectivity index is 1.88. The van der Waals surface area contributed by atoms with Crippen molar-refractivity contribution < 1.29 is 14.7 Å². The van der Waals surface area contributed by atoms with Crippen LogP contribution in [0, 0.1) is 5.92 Å². The highest BCUT2D eigenvalue weighted by Gasteiger charge is 2.39. The van der Waals surface area contributed by atoms with Crippen LogP contribution in [0.4, 0.5) is 0 Å². The molecule has 0 spiro atoms. The summed E-state index contributed by atoms with van der Waals surface area (Å²) in [5, 5.41) is 9.06. The Morgan fingerprint density at radius 1 is 1.32 bits per heavy atom. The van der Waals surface area contributed by atoms with Crippen molar-refractivity contribution in [3.05, 3.63) is 35.4 Å². The maximum atomic E-state index is 12.1. The first-order valence-electron chi connectivity index (χ1n) is 6.77. The molecule has 1 saturated heterocycles. The summed E-state index contributed by atoms with van der Waals surface area (Å²) in [7, 11) is 0. The molecule has 4 heteroatoms. The van der Waals surface area contributed by atoms with Gasteiger partial charge in [-0.25, -0.2) is 0 Å². The van der Waals surface area contributed by atoms with Crippen molar-refractivity contribution in [2.45, 2.75) is 31.7 Å². The third-order valence-corrected chi connectivity index (χ3v) is 4.22. The van der Waals surface area contributed by atoms with E-state index in [1.54, 1.807) is 4.90 Å². The summed E-state index contributed by atoms with van der Waals surface area (Å²) in [6, 6.07) is 8.26. The lowest BCUT2D eigenvalue weighted by atomic mass is 9.87. The standard InChI is InChI=1S/C15H17NO3/c17-14-8-11(15(18)19)9-16(14)13-7-3-5-10-4-1-2-6-12(10)13/h1-2,4,6,11,13H,3,5,7-9H2,(H,18,19)/t11?,13-/m0/s1. The molecule has 1 heterocycles. The molecule has 1 amide bonds. The van der Waals surface area contributed by atoms with E-state index in [0.29, 0.717) is 6.54 Å². The minimum atomic E-state index is -0.861. The molecule has 4 nitrogen and oxygen atoms in total. The minimum absolute atomic E-state index is 0.0193. The van der Waals surface area contributed by atoms with E-state index in [2.05, 4.69) is 12.1 Å². The number of carboxylic acids is 1. The fraction of sp³-hybridized carbons (Fsp3) is 0.467. The van der Waals surface area contributed by atoms with Crippen LogP contribution in [0.1, 0.15) is 36.4 Å². The number of fused-ring (bicyclic) bond motifs is 1. The average molecular weight is 259 g/mol. The second-order valence-electron chi connectivity index (χ2n) is 5.39. The summed E-state index contributed by atoms with van der Waals surface area (Å²) in [6.07, 6.45) is 3.20. The highest BCUT2D eigenvalue weighted by atomic mass is 16.4. The van der Waals surface area contributed by atoms with E-state index in [1.807, 2.05) is 12.1 Å². The number of amides is 1. The van der Waals surface area contributed by atoms with Crippen molar-refractivity contribution in [2.75, 3.05) is 6.54 Å². The third-order valence-electron chi connectivity index (χ3n) is 4.22. The molecule has 1 fully saturated rings. The zero-order valence-corrected chi connectivity index (χ0v) is 10.7. The van der Waals surface area contributed by atoms with Gasteiger partial charge in [0.1, 0.15) is 0 Å². The molecule has 100 valence electrons. The van der Waals surface area contributed by atoms with Crippen LogP contribution >= 0.6 is 0 Å². The van der Waals surface area contributed by atoms with Crippen LogP contribution in [0.25, 0.3) is 0 Å². The van der Waals surface area contributed by atoms with Gasteiger partial charge in [0.05, 0.1) is 12.0 Å². The molecule has 0 saturated carbocycles. The molecule has 1 aliphatic heterocycles. The molecule has 1 aromatic rings. The molecule has 2 atom stereocenters. The Bertz CT molecular complexity index is 526. The highest BCUT2D eigenvalue weighted by Crippen LogP contribution is 2.37. The first kappa shape index (κ1) is 12.2. The van der Waals surface area contributed by atoms with Gasteiger partial charge in [-0.2, -0.15) is 0 Å². The molecule has 0 radical (unpaired) electrons. The monoisotopic (exact) mass is 259 g/mol. The highest BCUT2D eigenvalue weighted by molar-refractivity contribution is 5.86. The van der Waals surface area contributed by atoms with Crippen LogP contribution in [-0.4, -0.2) is 28.4 Å². The lowest BCUT2D eigenvalue weighted by molar-refractivity contribution is -0.141. The fourth-order valence-corrected chi connectivity index (χ4v) is 3.25. The van der Waals surface area contributed by atoms with E-state index in [-0.39, 0.29) is 18.4 Å². The van der Waals surface area contributed by atoms with Crippen molar-refractivity contribution in [3.63, 3.8) is 0 Å². The van der Waals surface area contributed by atoms with Crippen molar-refractivity contribution in [2.24, 2.45) is 5.92 Å². The van der Waals surface area contributed by atoms with Crippen LogP contribution in [0.5, 0.6) is 0 Å². The molecule has 0 bridgehead atoms. The van der Waals surface area contributed by atoms with Gasteiger partial charge in [-0.3, -0.25) is 9.59 Å². The van der Waals surface area contributed by atoms with Gasteiger partial charge in [0, 0.05) is 13.0 Å². The van der Waals surface area contributed by atoms with Crippen LogP contribution in [-0.2, 0) is 16.0 Å². The molecule has 1 N–H and O–H groups in total. The first-order valence-corrected chi connectivity index (χ1v) is 6.77. The van der Waals surface area contributed by atoms with E-state index in [0.717, 1.165) is 19.3 Å². The fourth-order valence-electron chi connectivity index (χ4n) is 3.25. The summed E-state index contributed by atoms with van der Waals surface area (Å²) in [5.41, 5.74) is 2.50. The Kier molecular flexibility index (Phi) is 3.01. The maximum Gasteiger partial charge on any atom is 0.308 e. The summed E-state index contributed by atoms with van der Waals surface area (Å²) >= 11 is 0. The van der Waals surface area contributed by atoms with Crippen LogP contribution < -0.4 is 0 Å². The Morgan fingerprint density at radius 3 is 2.84 bits per heavy atom. The van der Waals surface area contributed by atoms with E-state index in [9.17, 15) is 9.59 Å². The minimum Gasteiger partial charge on any atom is -0.481 e. The van der Waals surface area contributed by atoms with Crippen molar-refractivity contribution in [3.8, 4) is 0 Å². The van der Waals surface area contributed by atoms with Gasteiger partial charge >= 0.3 is 5.97 Å². The van der Waals surface area contributed by atoms with E-state index >= 15 is 0 Å². The molecule has 2 aliphatic rings. The first-order chi connectivity index (χ1) is 9.16. The number of nitrogens with zero attached hydrogens (tertiary/aromatic N) is 1. The van der Waals surface area contributed by atoms with Gasteiger partial charge in [-0.1, -0.05) is 24.3 Å². The summed E-state index contributed by atoms with van der Waals surface area (Å²) in [4.78, 5) is 24.9. The summed E-state index contributed by atoms with van der Waals surface area (Å²) < 4.78 is 0. The normalized spacial score (nSPS) is 26.3. The van der Waals surface area contributed by atoms with Crippen molar-refractivity contribution in [1.82, 2.24) is 4.90 Å². The number of hydrogen-bond donors (Lipinski definition) is 1. The lowest BCUT2D eigenvalue weighted by Crippen LogP contribution is -2.33. The molecule has 1 aromatic carbocycles. The predicted octanol–water partition coefficient (Wildman–Crippen LogP) is 2.00. The number of aryl methyl sites for hydroxylation is 1. The SMILES string of the molecule is O=C(O)C1CC(=O)N([C@H]2CCCc3ccccc32)C1. The smallest absolute Gasteiger partial charge is 0.308 e. The number of hydrogen-bond acceptors (Lipinski definition) is 2. The van der Waals surface area contributed by atoms with E-state index in [4.69, 9.17) is 5.11 Å². The van der Waals surface area contributed by atoms with E-state index < -0.39 is 11.9 Å². The Morgan fingerprint density at radius 2 is 2.11 bits per heavy atom. The molecule has 1 unspecified atom stereocenters. The number of likely N-dealkylation sites (tertiary alicyclic amines) is 1. The number of carbonyl (C=O) groups is 2. The van der Waals surface area contributed by atoms with Crippen LogP contribution in [0.2, 0.25) is 0 Å². The number of benzene rings is 1. The van der Waals surface area contributed by atoms with Gasteiger partial charge in [0.2, 0.25) is 5.91 Å². The van der Waals surface area contributed by atoms with Gasteiger partial charge in [-0.15, -0.1) is 0 Å². The average Bonchev–Trinajstić information content (AvgIpc) is 2.80. The van der Waals surface area contributed by atoms with E-state index in [1.165, 1.54) is 11.1 Å².